The first-order chi connectivity index (χ1) is 15.3. The third kappa shape index (κ3) is 4.38. The second kappa shape index (κ2) is 8.76. The monoisotopic (exact) mass is 410 g/mol. The van der Waals surface area contributed by atoms with Crippen LogP contribution in [0, 0.1) is 5.92 Å². The minimum absolute atomic E-state index is 0.0577. The minimum Gasteiger partial charge on any atom is -0.487 e. The average Bonchev–Trinajstić information content (AvgIpc) is 3.66. The van der Waals surface area contributed by atoms with Crippen LogP contribution in [0.15, 0.2) is 91.0 Å². The number of rotatable bonds is 8. The maximum atomic E-state index is 6.25. The first kappa shape index (κ1) is 19.6. The van der Waals surface area contributed by atoms with E-state index in [1.807, 2.05) is 42.5 Å². The Morgan fingerprint density at radius 1 is 0.871 bits per heavy atom. The average molecular weight is 411 g/mol. The summed E-state index contributed by atoms with van der Waals surface area (Å²) in [6.07, 6.45) is 11.6. The molecule has 0 saturated heterocycles. The molecule has 156 valence electrons. The van der Waals surface area contributed by atoms with E-state index in [9.17, 15) is 0 Å². The Bertz CT molecular complexity index is 1070. The maximum Gasteiger partial charge on any atom is 0.276 e. The van der Waals surface area contributed by atoms with E-state index >= 15 is 0 Å². The van der Waals surface area contributed by atoms with Crippen LogP contribution in [0.1, 0.15) is 36.1 Å². The predicted molar refractivity (Wildman–Crippen MR) is 121 cm³/mol. The van der Waals surface area contributed by atoms with Crippen molar-refractivity contribution < 1.29 is 9.47 Å². The second-order valence-electron chi connectivity index (χ2n) is 8.24. The molecule has 1 heterocycles. The van der Waals surface area contributed by atoms with Gasteiger partial charge in [0, 0.05) is 17.4 Å². The Hall–Kier alpha value is -3.40. The molecule has 1 atom stereocenters. The molecule has 31 heavy (non-hydrogen) atoms. The van der Waals surface area contributed by atoms with Crippen LogP contribution in [0.25, 0.3) is 0 Å². The highest BCUT2D eigenvalue weighted by molar-refractivity contribution is 5.45. The summed E-state index contributed by atoms with van der Waals surface area (Å²) in [4.78, 5) is 0. The first-order valence-corrected chi connectivity index (χ1v) is 10.9. The molecule has 5 rings (SSSR count). The van der Waals surface area contributed by atoms with E-state index in [4.69, 9.17) is 9.47 Å². The van der Waals surface area contributed by atoms with Gasteiger partial charge in [0.05, 0.1) is 12.3 Å². The highest BCUT2D eigenvalue weighted by Crippen LogP contribution is 2.53. The van der Waals surface area contributed by atoms with Gasteiger partial charge in [0.2, 0.25) is 0 Å². The number of nitrogens with zero attached hydrogens (tertiary/aromatic N) is 2. The van der Waals surface area contributed by atoms with Crippen molar-refractivity contribution in [1.82, 2.24) is 10.2 Å². The fourth-order valence-electron chi connectivity index (χ4n) is 4.05. The molecular weight excluding hydrogens is 384 g/mol. The van der Waals surface area contributed by atoms with Crippen molar-refractivity contribution in [2.45, 2.75) is 31.3 Å². The SMILES string of the molecule is C1=CCC(COc2cc(C3(c4ccccc4)CC3)nnc2OCc2ccccc2)C=C1. The summed E-state index contributed by atoms with van der Waals surface area (Å²) in [7, 11) is 0. The van der Waals surface area contributed by atoms with Crippen molar-refractivity contribution in [2.75, 3.05) is 6.61 Å². The molecule has 0 spiro atoms. The summed E-state index contributed by atoms with van der Waals surface area (Å²) in [6.45, 7) is 1.02. The van der Waals surface area contributed by atoms with E-state index in [1.165, 1.54) is 5.56 Å². The first-order valence-electron chi connectivity index (χ1n) is 10.9. The third-order valence-electron chi connectivity index (χ3n) is 6.03. The van der Waals surface area contributed by atoms with Crippen LogP contribution in [-0.4, -0.2) is 16.8 Å². The molecule has 0 aliphatic heterocycles. The fraction of sp³-hybridized carbons (Fsp3) is 0.259. The summed E-state index contributed by atoms with van der Waals surface area (Å²) in [6, 6.07) is 22.7. The summed E-state index contributed by atoms with van der Waals surface area (Å²) < 4.78 is 12.3. The molecule has 2 aliphatic carbocycles. The number of aromatic nitrogens is 2. The Morgan fingerprint density at radius 2 is 1.65 bits per heavy atom. The van der Waals surface area contributed by atoms with E-state index in [0.29, 0.717) is 30.8 Å². The van der Waals surface area contributed by atoms with Crippen LogP contribution >= 0.6 is 0 Å². The highest BCUT2D eigenvalue weighted by atomic mass is 16.5. The third-order valence-corrected chi connectivity index (χ3v) is 6.03. The number of ether oxygens (including phenoxy) is 2. The quantitative estimate of drug-likeness (QED) is 0.482. The van der Waals surface area contributed by atoms with Crippen LogP contribution in [-0.2, 0) is 12.0 Å². The number of benzene rings is 2. The lowest BCUT2D eigenvalue weighted by molar-refractivity contribution is 0.232. The Labute approximate surface area is 183 Å². The smallest absolute Gasteiger partial charge is 0.276 e. The van der Waals surface area contributed by atoms with E-state index in [-0.39, 0.29) is 5.41 Å². The summed E-state index contributed by atoms with van der Waals surface area (Å²) in [5, 5.41) is 9.04. The molecule has 0 radical (unpaired) electrons. The molecule has 4 heteroatoms. The minimum atomic E-state index is -0.0577. The Kier molecular flexibility index (Phi) is 5.53. The molecule has 0 amide bonds. The van der Waals surface area contributed by atoms with Gasteiger partial charge in [0.25, 0.3) is 5.88 Å². The molecule has 0 N–H and O–H groups in total. The van der Waals surface area contributed by atoms with Gasteiger partial charge in [-0.05, 0) is 30.4 Å². The van der Waals surface area contributed by atoms with Crippen molar-refractivity contribution in [2.24, 2.45) is 5.92 Å². The number of allylic oxidation sites excluding steroid dienone is 3. The number of hydrogen-bond donors (Lipinski definition) is 0. The molecule has 1 fully saturated rings. The molecule has 2 aromatic carbocycles. The van der Waals surface area contributed by atoms with Gasteiger partial charge in [0.1, 0.15) is 6.61 Å². The Balaban J connectivity index is 1.40. The predicted octanol–water partition coefficient (Wildman–Crippen LogP) is 5.65. The van der Waals surface area contributed by atoms with Gasteiger partial charge in [-0.3, -0.25) is 0 Å². The zero-order valence-corrected chi connectivity index (χ0v) is 17.5. The largest absolute Gasteiger partial charge is 0.487 e. The number of hydrogen-bond acceptors (Lipinski definition) is 4. The van der Waals surface area contributed by atoms with Gasteiger partial charge in [-0.1, -0.05) is 85.0 Å². The lowest BCUT2D eigenvalue weighted by Gasteiger charge is -2.19. The van der Waals surface area contributed by atoms with Crippen molar-refractivity contribution in [3.05, 3.63) is 108 Å². The van der Waals surface area contributed by atoms with Crippen LogP contribution in [0.4, 0.5) is 0 Å². The molecule has 1 unspecified atom stereocenters. The van der Waals surface area contributed by atoms with Gasteiger partial charge in [-0.15, -0.1) is 5.10 Å². The van der Waals surface area contributed by atoms with Crippen LogP contribution in [0.5, 0.6) is 11.6 Å². The standard InChI is InChI=1S/C27H26N2O2/c1-4-10-21(11-5-1)19-30-24-18-25(27(16-17-27)23-14-8-3-9-15-23)28-29-26(24)31-20-22-12-6-2-7-13-22/h1-10,12-15,18,21H,11,16-17,19-20H2. The van der Waals surface area contributed by atoms with Crippen molar-refractivity contribution in [1.29, 1.82) is 0 Å². The van der Waals surface area contributed by atoms with Crippen molar-refractivity contribution in [3.63, 3.8) is 0 Å². The van der Waals surface area contributed by atoms with Gasteiger partial charge < -0.3 is 9.47 Å². The van der Waals surface area contributed by atoms with Gasteiger partial charge in [-0.25, -0.2) is 0 Å². The lowest BCUT2D eigenvalue weighted by Crippen LogP contribution is -2.15. The molecular formula is C27H26N2O2. The van der Waals surface area contributed by atoms with Gasteiger partial charge in [0.15, 0.2) is 5.75 Å². The van der Waals surface area contributed by atoms with Crippen LogP contribution in [0.2, 0.25) is 0 Å². The van der Waals surface area contributed by atoms with E-state index in [2.05, 4.69) is 58.8 Å². The molecule has 1 aromatic heterocycles. The molecule has 3 aromatic rings. The lowest BCUT2D eigenvalue weighted by atomic mass is 9.92. The topological polar surface area (TPSA) is 44.2 Å². The Morgan fingerprint density at radius 3 is 2.35 bits per heavy atom. The fourth-order valence-corrected chi connectivity index (χ4v) is 4.05. The van der Waals surface area contributed by atoms with Crippen LogP contribution in [0.3, 0.4) is 0 Å². The normalized spacial score (nSPS) is 18.5. The summed E-state index contributed by atoms with van der Waals surface area (Å²) in [5.41, 5.74) is 3.27. The zero-order chi connectivity index (χ0) is 20.9. The molecule has 2 aliphatic rings. The van der Waals surface area contributed by atoms with E-state index in [1.54, 1.807) is 0 Å². The molecule has 4 nitrogen and oxygen atoms in total. The van der Waals surface area contributed by atoms with Gasteiger partial charge in [-0.2, -0.15) is 5.10 Å². The summed E-state index contributed by atoms with van der Waals surface area (Å²) >= 11 is 0. The molecule has 1 saturated carbocycles. The van der Waals surface area contributed by atoms with Gasteiger partial charge >= 0.3 is 0 Å². The van der Waals surface area contributed by atoms with Crippen molar-refractivity contribution in [3.8, 4) is 11.6 Å². The van der Waals surface area contributed by atoms with Crippen LogP contribution < -0.4 is 9.47 Å². The van der Waals surface area contributed by atoms with Crippen molar-refractivity contribution >= 4 is 0 Å². The van der Waals surface area contributed by atoms with E-state index < -0.39 is 0 Å². The summed E-state index contributed by atoms with van der Waals surface area (Å²) in [5.74, 6) is 1.48. The molecule has 0 bridgehead atoms. The van der Waals surface area contributed by atoms with E-state index in [0.717, 1.165) is 30.5 Å². The zero-order valence-electron chi connectivity index (χ0n) is 17.5. The maximum absolute atomic E-state index is 6.25. The second-order valence-corrected chi connectivity index (χ2v) is 8.24. The highest BCUT2D eigenvalue weighted by Gasteiger charge is 2.48.